The molecular formula is C13H16N2OS. The van der Waals surface area contributed by atoms with Gasteiger partial charge in [-0.15, -0.1) is 11.3 Å². The highest BCUT2D eigenvalue weighted by molar-refractivity contribution is 7.09. The third-order valence-corrected chi connectivity index (χ3v) is 3.41. The molecule has 0 spiro atoms. The van der Waals surface area contributed by atoms with Gasteiger partial charge in [-0.25, -0.2) is 0 Å². The molecule has 0 aliphatic heterocycles. The van der Waals surface area contributed by atoms with Gasteiger partial charge in [-0.05, 0) is 36.2 Å². The second kappa shape index (κ2) is 5.21. The number of hydrogen-bond donors (Lipinski definition) is 2. The molecular weight excluding hydrogens is 232 g/mol. The van der Waals surface area contributed by atoms with Crippen LogP contribution in [-0.2, 0) is 13.1 Å². The Morgan fingerprint density at radius 2 is 2.12 bits per heavy atom. The molecule has 1 aromatic heterocycles. The van der Waals surface area contributed by atoms with Crippen molar-refractivity contribution < 1.29 is 5.11 Å². The van der Waals surface area contributed by atoms with Crippen LogP contribution >= 0.6 is 11.3 Å². The van der Waals surface area contributed by atoms with Crippen LogP contribution in [0.15, 0.2) is 35.7 Å². The fourth-order valence-corrected chi connectivity index (χ4v) is 2.52. The Kier molecular flexibility index (Phi) is 3.66. The van der Waals surface area contributed by atoms with E-state index in [1.807, 2.05) is 12.1 Å². The van der Waals surface area contributed by atoms with Crippen molar-refractivity contribution in [2.24, 2.45) is 0 Å². The molecule has 2 aromatic rings. The van der Waals surface area contributed by atoms with E-state index >= 15 is 0 Å². The number of aromatic hydroxyl groups is 1. The van der Waals surface area contributed by atoms with Gasteiger partial charge in [0, 0.05) is 18.0 Å². The van der Waals surface area contributed by atoms with Gasteiger partial charge in [0.2, 0.25) is 0 Å². The van der Waals surface area contributed by atoms with E-state index in [1.54, 1.807) is 17.4 Å². The number of thiophene rings is 1. The van der Waals surface area contributed by atoms with Crippen molar-refractivity contribution in [3.8, 4) is 5.75 Å². The maximum atomic E-state index is 9.35. The normalized spacial score (nSPS) is 10.9. The van der Waals surface area contributed by atoms with E-state index in [0.717, 1.165) is 18.7 Å². The topological polar surface area (TPSA) is 49.5 Å². The second-order valence-electron chi connectivity index (χ2n) is 4.14. The van der Waals surface area contributed by atoms with E-state index in [4.69, 9.17) is 5.73 Å². The van der Waals surface area contributed by atoms with E-state index in [2.05, 4.69) is 29.5 Å². The first-order valence-corrected chi connectivity index (χ1v) is 6.31. The van der Waals surface area contributed by atoms with Gasteiger partial charge in [0.25, 0.3) is 0 Å². The molecule has 3 N–H and O–H groups in total. The molecule has 1 heterocycles. The molecule has 0 saturated heterocycles. The number of nitrogens with two attached hydrogens (primary N) is 1. The standard InChI is InChI=1S/C13H16N2OS/c1-15(9-11-3-2-6-17-11)8-10-4-5-13(16)12(14)7-10/h2-7,16H,8-9,14H2,1H3. The van der Waals surface area contributed by atoms with Crippen molar-refractivity contribution in [3.05, 3.63) is 46.2 Å². The van der Waals surface area contributed by atoms with Gasteiger partial charge in [0.15, 0.2) is 0 Å². The molecule has 0 fully saturated rings. The molecule has 0 saturated carbocycles. The zero-order valence-corrected chi connectivity index (χ0v) is 10.6. The van der Waals surface area contributed by atoms with Crippen LogP contribution in [0.1, 0.15) is 10.4 Å². The van der Waals surface area contributed by atoms with Gasteiger partial charge < -0.3 is 10.8 Å². The summed E-state index contributed by atoms with van der Waals surface area (Å²) in [5.74, 6) is 0.148. The molecule has 0 unspecified atom stereocenters. The largest absolute Gasteiger partial charge is 0.506 e. The van der Waals surface area contributed by atoms with Crippen LogP contribution in [0.2, 0.25) is 0 Å². The molecule has 0 atom stereocenters. The third kappa shape index (κ3) is 3.22. The van der Waals surface area contributed by atoms with Crippen molar-refractivity contribution in [1.29, 1.82) is 0 Å². The lowest BCUT2D eigenvalue weighted by molar-refractivity contribution is 0.322. The first-order valence-electron chi connectivity index (χ1n) is 5.43. The van der Waals surface area contributed by atoms with Gasteiger partial charge in [-0.2, -0.15) is 0 Å². The zero-order chi connectivity index (χ0) is 12.3. The summed E-state index contributed by atoms with van der Waals surface area (Å²) in [7, 11) is 2.07. The lowest BCUT2D eigenvalue weighted by Gasteiger charge is -2.16. The Labute approximate surface area is 105 Å². The Hall–Kier alpha value is -1.52. The highest BCUT2D eigenvalue weighted by Crippen LogP contribution is 2.21. The minimum atomic E-state index is 0.148. The second-order valence-corrected chi connectivity index (χ2v) is 5.18. The molecule has 0 radical (unpaired) electrons. The summed E-state index contributed by atoms with van der Waals surface area (Å²) in [5.41, 5.74) is 7.21. The number of anilines is 1. The van der Waals surface area contributed by atoms with Crippen LogP contribution in [0.3, 0.4) is 0 Å². The Bertz CT molecular complexity index is 482. The van der Waals surface area contributed by atoms with Gasteiger partial charge >= 0.3 is 0 Å². The van der Waals surface area contributed by atoms with E-state index in [-0.39, 0.29) is 5.75 Å². The van der Waals surface area contributed by atoms with Crippen LogP contribution in [0.4, 0.5) is 5.69 Å². The number of nitrogens with zero attached hydrogens (tertiary/aromatic N) is 1. The van der Waals surface area contributed by atoms with E-state index in [1.165, 1.54) is 4.88 Å². The predicted molar refractivity (Wildman–Crippen MR) is 72.0 cm³/mol. The van der Waals surface area contributed by atoms with Crippen LogP contribution in [0.25, 0.3) is 0 Å². The summed E-state index contributed by atoms with van der Waals surface area (Å²) < 4.78 is 0. The quantitative estimate of drug-likeness (QED) is 0.646. The maximum absolute atomic E-state index is 9.35. The minimum absolute atomic E-state index is 0.148. The SMILES string of the molecule is CN(Cc1ccc(O)c(N)c1)Cc1cccs1. The molecule has 4 heteroatoms. The Morgan fingerprint density at radius 1 is 1.29 bits per heavy atom. The highest BCUT2D eigenvalue weighted by atomic mass is 32.1. The molecule has 17 heavy (non-hydrogen) atoms. The van der Waals surface area contributed by atoms with Gasteiger partial charge in [0.1, 0.15) is 5.75 Å². The number of nitrogen functional groups attached to an aromatic ring is 1. The van der Waals surface area contributed by atoms with Crippen LogP contribution < -0.4 is 5.73 Å². The molecule has 0 amide bonds. The van der Waals surface area contributed by atoms with Crippen molar-refractivity contribution in [1.82, 2.24) is 4.90 Å². The van der Waals surface area contributed by atoms with Crippen molar-refractivity contribution in [2.75, 3.05) is 12.8 Å². The first-order chi connectivity index (χ1) is 8.15. The molecule has 90 valence electrons. The Morgan fingerprint density at radius 3 is 2.76 bits per heavy atom. The average Bonchev–Trinajstić information content (AvgIpc) is 2.76. The molecule has 3 nitrogen and oxygen atoms in total. The van der Waals surface area contributed by atoms with Crippen LogP contribution in [0, 0.1) is 0 Å². The Balaban J connectivity index is 1.98. The number of phenols is 1. The summed E-state index contributed by atoms with van der Waals surface area (Å²) in [6, 6.07) is 9.55. The summed E-state index contributed by atoms with van der Waals surface area (Å²) >= 11 is 1.76. The number of benzene rings is 1. The lowest BCUT2D eigenvalue weighted by atomic mass is 10.2. The molecule has 2 rings (SSSR count). The molecule has 0 bridgehead atoms. The van der Waals surface area contributed by atoms with Crippen molar-refractivity contribution in [3.63, 3.8) is 0 Å². The monoisotopic (exact) mass is 248 g/mol. The van der Waals surface area contributed by atoms with E-state index < -0.39 is 0 Å². The van der Waals surface area contributed by atoms with Gasteiger partial charge in [-0.1, -0.05) is 12.1 Å². The number of phenolic OH excluding ortho intramolecular Hbond substituents is 1. The first kappa shape index (κ1) is 12.0. The fraction of sp³-hybridized carbons (Fsp3) is 0.231. The average molecular weight is 248 g/mol. The highest BCUT2D eigenvalue weighted by Gasteiger charge is 2.04. The van der Waals surface area contributed by atoms with Crippen LogP contribution in [0.5, 0.6) is 5.75 Å². The summed E-state index contributed by atoms with van der Waals surface area (Å²) in [6.45, 7) is 1.75. The van der Waals surface area contributed by atoms with Crippen molar-refractivity contribution in [2.45, 2.75) is 13.1 Å². The third-order valence-electron chi connectivity index (χ3n) is 2.55. The lowest BCUT2D eigenvalue weighted by Crippen LogP contribution is -2.16. The van der Waals surface area contributed by atoms with Crippen LogP contribution in [-0.4, -0.2) is 17.1 Å². The predicted octanol–water partition coefficient (Wildman–Crippen LogP) is 2.67. The summed E-state index contributed by atoms with van der Waals surface area (Å²) in [4.78, 5) is 3.57. The molecule has 0 aliphatic carbocycles. The zero-order valence-electron chi connectivity index (χ0n) is 9.76. The maximum Gasteiger partial charge on any atom is 0.138 e. The number of hydrogen-bond acceptors (Lipinski definition) is 4. The summed E-state index contributed by atoms with van der Waals surface area (Å²) in [5, 5.41) is 11.4. The minimum Gasteiger partial charge on any atom is -0.506 e. The van der Waals surface area contributed by atoms with Crippen molar-refractivity contribution >= 4 is 17.0 Å². The van der Waals surface area contributed by atoms with E-state index in [0.29, 0.717) is 5.69 Å². The number of rotatable bonds is 4. The smallest absolute Gasteiger partial charge is 0.138 e. The fourth-order valence-electron chi connectivity index (χ4n) is 1.74. The van der Waals surface area contributed by atoms with E-state index in [9.17, 15) is 5.11 Å². The van der Waals surface area contributed by atoms with Gasteiger partial charge in [-0.3, -0.25) is 4.90 Å². The summed E-state index contributed by atoms with van der Waals surface area (Å²) in [6.07, 6.45) is 0. The van der Waals surface area contributed by atoms with Gasteiger partial charge in [0.05, 0.1) is 5.69 Å². The molecule has 1 aromatic carbocycles. The molecule has 0 aliphatic rings.